The first kappa shape index (κ1) is 19.5. The summed E-state index contributed by atoms with van der Waals surface area (Å²) in [5.41, 5.74) is 2.60. The molecule has 2 aromatic rings. The molecule has 0 bridgehead atoms. The molecule has 0 aliphatic rings. The fraction of sp³-hybridized carbons (Fsp3) is 0.421. The van der Waals surface area contributed by atoms with Crippen LogP contribution in [0.2, 0.25) is 0 Å². The Morgan fingerprint density at radius 1 is 1.28 bits per heavy atom. The van der Waals surface area contributed by atoms with Gasteiger partial charge in [-0.3, -0.25) is 14.8 Å². The number of carbonyl (C=O) groups excluding carboxylic acids is 1. The number of hydrogen-bond acceptors (Lipinski definition) is 4. The van der Waals surface area contributed by atoms with Crippen LogP contribution in [-0.4, -0.2) is 39.0 Å². The highest BCUT2D eigenvalue weighted by molar-refractivity contribution is 9.10. The minimum Gasteiger partial charge on any atom is -0.386 e. The Kier molecular flexibility index (Phi) is 7.52. The summed E-state index contributed by atoms with van der Waals surface area (Å²) >= 11 is 3.35. The molecular formula is C19H24BrN3O2. The molecular weight excluding hydrogens is 382 g/mol. The van der Waals surface area contributed by atoms with E-state index in [1.165, 1.54) is 0 Å². The smallest absolute Gasteiger partial charge is 0.227 e. The molecule has 0 saturated heterocycles. The zero-order valence-electron chi connectivity index (χ0n) is 14.7. The van der Waals surface area contributed by atoms with E-state index in [1.807, 2.05) is 32.0 Å². The van der Waals surface area contributed by atoms with Crippen LogP contribution in [0.4, 0.5) is 0 Å². The number of rotatable bonds is 8. The number of aryl methyl sites for hydroxylation is 1. The van der Waals surface area contributed by atoms with Crippen LogP contribution >= 0.6 is 15.9 Å². The summed E-state index contributed by atoms with van der Waals surface area (Å²) in [7, 11) is 0. The summed E-state index contributed by atoms with van der Waals surface area (Å²) in [4.78, 5) is 22.8. The molecule has 5 nitrogen and oxygen atoms in total. The van der Waals surface area contributed by atoms with E-state index in [-0.39, 0.29) is 12.5 Å². The van der Waals surface area contributed by atoms with E-state index in [1.54, 1.807) is 23.5 Å². The van der Waals surface area contributed by atoms with Gasteiger partial charge in [0.1, 0.15) is 0 Å². The first-order valence-corrected chi connectivity index (χ1v) is 9.32. The minimum atomic E-state index is -0.763. The minimum absolute atomic E-state index is 0.00472. The van der Waals surface area contributed by atoms with Crippen molar-refractivity contribution in [2.45, 2.75) is 39.2 Å². The van der Waals surface area contributed by atoms with E-state index >= 15 is 0 Å². The normalized spacial score (nSPS) is 12.0. The van der Waals surface area contributed by atoms with E-state index in [0.717, 1.165) is 28.6 Å². The van der Waals surface area contributed by atoms with Crippen molar-refractivity contribution in [2.24, 2.45) is 0 Å². The Morgan fingerprint density at radius 3 is 2.68 bits per heavy atom. The van der Waals surface area contributed by atoms with E-state index < -0.39 is 6.10 Å². The average Bonchev–Trinajstić information content (AvgIpc) is 2.62. The summed E-state index contributed by atoms with van der Waals surface area (Å²) in [5, 5.41) is 10.5. The molecule has 25 heavy (non-hydrogen) atoms. The second-order valence-electron chi connectivity index (χ2n) is 5.98. The van der Waals surface area contributed by atoms with Crippen LogP contribution in [0.1, 0.15) is 43.2 Å². The molecule has 0 saturated carbocycles. The van der Waals surface area contributed by atoms with Crippen molar-refractivity contribution < 1.29 is 9.90 Å². The molecule has 6 heteroatoms. The number of hydrogen-bond donors (Lipinski definition) is 1. The van der Waals surface area contributed by atoms with E-state index in [9.17, 15) is 9.90 Å². The molecule has 0 fully saturated rings. The fourth-order valence-electron chi connectivity index (χ4n) is 2.57. The van der Waals surface area contributed by atoms with Crippen LogP contribution in [0, 0.1) is 0 Å². The molecule has 0 aliphatic heterocycles. The molecule has 1 amide bonds. The average molecular weight is 406 g/mol. The molecule has 2 aromatic heterocycles. The fourth-order valence-corrected chi connectivity index (χ4v) is 2.95. The van der Waals surface area contributed by atoms with E-state index in [0.29, 0.717) is 18.5 Å². The molecule has 2 heterocycles. The van der Waals surface area contributed by atoms with Gasteiger partial charge in [-0.15, -0.1) is 0 Å². The van der Waals surface area contributed by atoms with Crippen molar-refractivity contribution in [3.8, 4) is 0 Å². The number of halogens is 1. The predicted molar refractivity (Wildman–Crippen MR) is 101 cm³/mol. The van der Waals surface area contributed by atoms with Crippen molar-refractivity contribution in [2.75, 3.05) is 13.1 Å². The van der Waals surface area contributed by atoms with Crippen molar-refractivity contribution >= 4 is 21.8 Å². The summed E-state index contributed by atoms with van der Waals surface area (Å²) in [6.45, 7) is 4.93. The van der Waals surface area contributed by atoms with Gasteiger partial charge in [-0.25, -0.2) is 0 Å². The number of aliphatic hydroxyl groups excluding tert-OH is 1. The third kappa shape index (κ3) is 5.90. The molecule has 0 radical (unpaired) electrons. The molecule has 0 spiro atoms. The van der Waals surface area contributed by atoms with Gasteiger partial charge in [0, 0.05) is 40.9 Å². The summed E-state index contributed by atoms with van der Waals surface area (Å²) < 4.78 is 0.805. The monoisotopic (exact) mass is 405 g/mol. The summed E-state index contributed by atoms with van der Waals surface area (Å²) in [6, 6.07) is 5.72. The van der Waals surface area contributed by atoms with Gasteiger partial charge in [0.05, 0.1) is 19.1 Å². The third-order valence-corrected chi connectivity index (χ3v) is 4.39. The summed E-state index contributed by atoms with van der Waals surface area (Å²) in [6.07, 6.45) is 6.29. The third-order valence-electron chi connectivity index (χ3n) is 3.95. The highest BCUT2D eigenvalue weighted by atomic mass is 79.9. The lowest BCUT2D eigenvalue weighted by atomic mass is 10.1. The molecule has 1 unspecified atom stereocenters. The second-order valence-corrected chi connectivity index (χ2v) is 6.90. The number of pyridine rings is 2. The zero-order chi connectivity index (χ0) is 18.2. The van der Waals surface area contributed by atoms with Gasteiger partial charge in [-0.1, -0.05) is 19.9 Å². The molecule has 2 rings (SSSR count). The quantitative estimate of drug-likeness (QED) is 0.731. The summed E-state index contributed by atoms with van der Waals surface area (Å²) in [5.74, 6) is -0.00472. The lowest BCUT2D eigenvalue weighted by Gasteiger charge is -2.25. The van der Waals surface area contributed by atoms with Crippen molar-refractivity contribution in [1.29, 1.82) is 0 Å². The standard InChI is InChI=1S/C19H24BrN3O2/c1-3-7-23(13-18(24)15-9-16(20)12-21-11-15)19(25)8-14-5-6-17(4-2)22-10-14/h5-6,9-12,18,24H,3-4,7-8,13H2,1-2H3. The Bertz CT molecular complexity index is 691. The first-order valence-electron chi connectivity index (χ1n) is 8.53. The number of amides is 1. The lowest BCUT2D eigenvalue weighted by Crippen LogP contribution is -2.36. The lowest BCUT2D eigenvalue weighted by molar-refractivity contribution is -0.132. The number of aliphatic hydroxyl groups is 1. The maximum Gasteiger partial charge on any atom is 0.227 e. The van der Waals surface area contributed by atoms with E-state index in [4.69, 9.17) is 0 Å². The molecule has 1 atom stereocenters. The van der Waals surface area contributed by atoms with Gasteiger partial charge in [0.25, 0.3) is 0 Å². The maximum atomic E-state index is 12.7. The van der Waals surface area contributed by atoms with E-state index in [2.05, 4.69) is 25.9 Å². The second kappa shape index (κ2) is 9.63. The first-order chi connectivity index (χ1) is 12.0. The molecule has 134 valence electrons. The number of nitrogens with zero attached hydrogens (tertiary/aromatic N) is 3. The Hall–Kier alpha value is -1.79. The molecule has 1 N–H and O–H groups in total. The van der Waals surface area contributed by atoms with Gasteiger partial charge in [-0.05, 0) is 46.5 Å². The van der Waals surface area contributed by atoms with Crippen LogP contribution in [0.3, 0.4) is 0 Å². The Labute approximate surface area is 157 Å². The van der Waals surface area contributed by atoms with Gasteiger partial charge < -0.3 is 10.0 Å². The SMILES string of the molecule is CCCN(CC(O)c1cncc(Br)c1)C(=O)Cc1ccc(CC)nc1. The Balaban J connectivity index is 2.03. The number of carbonyl (C=O) groups is 1. The van der Waals surface area contributed by atoms with Gasteiger partial charge in [-0.2, -0.15) is 0 Å². The van der Waals surface area contributed by atoms with Crippen LogP contribution < -0.4 is 0 Å². The highest BCUT2D eigenvalue weighted by Gasteiger charge is 2.19. The maximum absolute atomic E-state index is 12.7. The largest absolute Gasteiger partial charge is 0.386 e. The number of aromatic nitrogens is 2. The van der Waals surface area contributed by atoms with Crippen LogP contribution in [-0.2, 0) is 17.6 Å². The van der Waals surface area contributed by atoms with Crippen molar-refractivity contribution in [1.82, 2.24) is 14.9 Å². The van der Waals surface area contributed by atoms with Gasteiger partial charge in [0.2, 0.25) is 5.91 Å². The van der Waals surface area contributed by atoms with Crippen LogP contribution in [0.5, 0.6) is 0 Å². The molecule has 0 aromatic carbocycles. The van der Waals surface area contributed by atoms with Crippen LogP contribution in [0.15, 0.2) is 41.3 Å². The van der Waals surface area contributed by atoms with Gasteiger partial charge >= 0.3 is 0 Å². The topological polar surface area (TPSA) is 66.3 Å². The predicted octanol–water partition coefficient (Wildman–Crippen LogP) is 3.32. The molecule has 0 aliphatic carbocycles. The Morgan fingerprint density at radius 2 is 2.08 bits per heavy atom. The highest BCUT2D eigenvalue weighted by Crippen LogP contribution is 2.18. The van der Waals surface area contributed by atoms with Gasteiger partial charge in [0.15, 0.2) is 0 Å². The van der Waals surface area contributed by atoms with Crippen LogP contribution in [0.25, 0.3) is 0 Å². The van der Waals surface area contributed by atoms with Crippen molar-refractivity contribution in [3.05, 3.63) is 58.1 Å². The van der Waals surface area contributed by atoms with Crippen molar-refractivity contribution in [3.63, 3.8) is 0 Å². The zero-order valence-corrected chi connectivity index (χ0v) is 16.2.